The average molecular weight is 437 g/mol. The van der Waals surface area contributed by atoms with Gasteiger partial charge in [0.1, 0.15) is 11.5 Å². The van der Waals surface area contributed by atoms with Gasteiger partial charge in [-0.15, -0.1) is 0 Å². The number of carbonyl (C=O) groups excluding carboxylic acids is 1. The van der Waals surface area contributed by atoms with Gasteiger partial charge >= 0.3 is 0 Å². The van der Waals surface area contributed by atoms with Crippen LogP contribution in [0.3, 0.4) is 0 Å². The molecule has 3 rings (SSSR count). The van der Waals surface area contributed by atoms with Crippen LogP contribution >= 0.6 is 0 Å². The molecule has 0 radical (unpaired) electrons. The summed E-state index contributed by atoms with van der Waals surface area (Å²) in [6.07, 6.45) is 7.88. The van der Waals surface area contributed by atoms with E-state index >= 15 is 0 Å². The van der Waals surface area contributed by atoms with E-state index in [1.165, 1.54) is 18.4 Å². The zero-order chi connectivity index (χ0) is 22.8. The van der Waals surface area contributed by atoms with Crippen LogP contribution in [-0.4, -0.2) is 36.1 Å². The highest BCUT2D eigenvalue weighted by atomic mass is 16.5. The number of carbonyl (C=O) groups is 1. The molecular formula is C27H36N2O3. The molecule has 0 aliphatic heterocycles. The number of aromatic nitrogens is 1. The zero-order valence-corrected chi connectivity index (χ0v) is 19.7. The second-order valence-corrected chi connectivity index (χ2v) is 8.18. The van der Waals surface area contributed by atoms with E-state index in [1.807, 2.05) is 42.3 Å². The first-order chi connectivity index (χ1) is 15.6. The van der Waals surface area contributed by atoms with Crippen molar-refractivity contribution in [3.8, 4) is 11.5 Å². The number of hydrogen-bond acceptors (Lipinski definition) is 3. The van der Waals surface area contributed by atoms with Gasteiger partial charge in [0.25, 0.3) is 0 Å². The smallest absolute Gasteiger partial charge is 0.222 e. The largest absolute Gasteiger partial charge is 0.497 e. The molecule has 0 saturated carbocycles. The number of ether oxygens (including phenoxy) is 2. The number of nitrogens with zero attached hydrogens (tertiary/aromatic N) is 1. The molecule has 0 atom stereocenters. The molecule has 5 heteroatoms. The quantitative estimate of drug-likeness (QED) is 0.329. The first-order valence-electron chi connectivity index (χ1n) is 11.8. The van der Waals surface area contributed by atoms with Crippen LogP contribution < -0.4 is 9.47 Å². The van der Waals surface area contributed by atoms with Crippen molar-refractivity contribution < 1.29 is 14.3 Å². The van der Waals surface area contributed by atoms with Crippen molar-refractivity contribution in [3.63, 3.8) is 0 Å². The summed E-state index contributed by atoms with van der Waals surface area (Å²) in [4.78, 5) is 18.4. The molecule has 172 valence electrons. The van der Waals surface area contributed by atoms with E-state index < -0.39 is 0 Å². The molecule has 0 bridgehead atoms. The Labute approximate surface area is 191 Å². The molecule has 1 heterocycles. The van der Waals surface area contributed by atoms with Gasteiger partial charge in [-0.1, -0.05) is 38.3 Å². The molecule has 3 aromatic rings. The number of amides is 1. The van der Waals surface area contributed by atoms with Gasteiger partial charge in [0.05, 0.1) is 13.7 Å². The van der Waals surface area contributed by atoms with E-state index in [1.54, 1.807) is 7.11 Å². The van der Waals surface area contributed by atoms with Crippen LogP contribution in [0.1, 0.15) is 57.1 Å². The molecule has 32 heavy (non-hydrogen) atoms. The summed E-state index contributed by atoms with van der Waals surface area (Å²) in [5.41, 5.74) is 3.41. The average Bonchev–Trinajstić information content (AvgIpc) is 3.22. The van der Waals surface area contributed by atoms with Crippen LogP contribution in [0.5, 0.6) is 11.5 Å². The fraction of sp³-hybridized carbons (Fsp3) is 0.444. The SMILES string of the molecule is CCCCCCC(=O)N(CCc1c[nH]c2ccc(OC)cc12)Cc1ccc(OCC)cc1. The molecule has 0 saturated heterocycles. The first kappa shape index (κ1) is 23.7. The lowest BCUT2D eigenvalue weighted by atomic mass is 10.1. The van der Waals surface area contributed by atoms with Gasteiger partial charge in [-0.05, 0) is 61.2 Å². The van der Waals surface area contributed by atoms with Crippen molar-refractivity contribution >= 4 is 16.8 Å². The van der Waals surface area contributed by atoms with Crippen molar-refractivity contribution in [1.82, 2.24) is 9.88 Å². The topological polar surface area (TPSA) is 54.6 Å². The lowest BCUT2D eigenvalue weighted by Crippen LogP contribution is -2.32. The standard InChI is InChI=1S/C27H36N2O3/c1-4-6-7-8-9-27(30)29(20-21-10-12-23(13-11-21)32-5-2)17-16-22-19-28-26-15-14-24(31-3)18-25(22)26/h10-15,18-19,28H,4-9,16-17,20H2,1-3H3. The van der Waals surface area contributed by atoms with Gasteiger partial charge < -0.3 is 19.4 Å². The maximum atomic E-state index is 13.1. The third kappa shape index (κ3) is 6.52. The van der Waals surface area contributed by atoms with Gasteiger partial charge in [-0.25, -0.2) is 0 Å². The maximum Gasteiger partial charge on any atom is 0.222 e. The van der Waals surface area contributed by atoms with E-state index in [2.05, 4.69) is 30.1 Å². The van der Waals surface area contributed by atoms with Crippen molar-refractivity contribution in [2.75, 3.05) is 20.3 Å². The van der Waals surface area contributed by atoms with Gasteiger partial charge in [0, 0.05) is 36.6 Å². The highest BCUT2D eigenvalue weighted by Gasteiger charge is 2.15. The van der Waals surface area contributed by atoms with Crippen molar-refractivity contribution in [2.45, 2.75) is 58.9 Å². The number of rotatable bonds is 13. The van der Waals surface area contributed by atoms with E-state index in [9.17, 15) is 4.79 Å². The van der Waals surface area contributed by atoms with E-state index in [0.717, 1.165) is 47.2 Å². The van der Waals surface area contributed by atoms with E-state index in [0.29, 0.717) is 26.1 Å². The first-order valence-corrected chi connectivity index (χ1v) is 11.8. The predicted octanol–water partition coefficient (Wildman–Crippen LogP) is 6.12. The molecule has 1 aromatic heterocycles. The highest BCUT2D eigenvalue weighted by molar-refractivity contribution is 5.84. The van der Waals surface area contributed by atoms with E-state index in [4.69, 9.17) is 9.47 Å². The number of unbranched alkanes of at least 4 members (excludes halogenated alkanes) is 3. The zero-order valence-electron chi connectivity index (χ0n) is 19.7. The van der Waals surface area contributed by atoms with Crippen LogP contribution in [0.4, 0.5) is 0 Å². The lowest BCUT2D eigenvalue weighted by molar-refractivity contribution is -0.131. The molecule has 0 aliphatic rings. The van der Waals surface area contributed by atoms with Crippen molar-refractivity contribution in [3.05, 3.63) is 59.8 Å². The van der Waals surface area contributed by atoms with Gasteiger partial charge in [-0.3, -0.25) is 4.79 Å². The molecule has 2 aromatic carbocycles. The minimum atomic E-state index is 0.229. The Kier molecular flexibility index (Phi) is 9.02. The number of hydrogen-bond donors (Lipinski definition) is 1. The van der Waals surface area contributed by atoms with Crippen molar-refractivity contribution in [2.24, 2.45) is 0 Å². The Balaban J connectivity index is 1.70. The molecule has 0 spiro atoms. The summed E-state index contributed by atoms with van der Waals surface area (Å²) in [5.74, 6) is 1.94. The summed E-state index contributed by atoms with van der Waals surface area (Å²) in [6, 6.07) is 14.1. The third-order valence-electron chi connectivity index (χ3n) is 5.83. The Morgan fingerprint density at radius 1 is 1.00 bits per heavy atom. The Morgan fingerprint density at radius 2 is 1.78 bits per heavy atom. The minimum Gasteiger partial charge on any atom is -0.497 e. The summed E-state index contributed by atoms with van der Waals surface area (Å²) < 4.78 is 10.9. The minimum absolute atomic E-state index is 0.229. The normalized spacial score (nSPS) is 11.0. The van der Waals surface area contributed by atoms with Crippen LogP contribution in [-0.2, 0) is 17.8 Å². The molecule has 1 amide bonds. The van der Waals surface area contributed by atoms with Gasteiger partial charge in [0.2, 0.25) is 5.91 Å². The summed E-state index contributed by atoms with van der Waals surface area (Å²) in [7, 11) is 1.68. The van der Waals surface area contributed by atoms with Crippen LogP contribution in [0.15, 0.2) is 48.7 Å². The van der Waals surface area contributed by atoms with Crippen LogP contribution in [0, 0.1) is 0 Å². The van der Waals surface area contributed by atoms with Gasteiger partial charge in [-0.2, -0.15) is 0 Å². The fourth-order valence-electron chi connectivity index (χ4n) is 3.98. The number of fused-ring (bicyclic) bond motifs is 1. The van der Waals surface area contributed by atoms with Gasteiger partial charge in [0.15, 0.2) is 0 Å². The number of aromatic amines is 1. The number of nitrogens with one attached hydrogen (secondary N) is 1. The predicted molar refractivity (Wildman–Crippen MR) is 130 cm³/mol. The lowest BCUT2D eigenvalue weighted by Gasteiger charge is -2.23. The highest BCUT2D eigenvalue weighted by Crippen LogP contribution is 2.24. The molecule has 1 N–H and O–H groups in total. The second-order valence-electron chi connectivity index (χ2n) is 8.18. The van der Waals surface area contributed by atoms with Crippen molar-refractivity contribution in [1.29, 1.82) is 0 Å². The van der Waals surface area contributed by atoms with Crippen LogP contribution in [0.2, 0.25) is 0 Å². The Hall–Kier alpha value is -2.95. The molecule has 0 aliphatic carbocycles. The third-order valence-corrected chi connectivity index (χ3v) is 5.83. The molecular weight excluding hydrogens is 400 g/mol. The number of H-pyrrole nitrogens is 1. The van der Waals surface area contributed by atoms with Crippen LogP contribution in [0.25, 0.3) is 10.9 Å². The summed E-state index contributed by atoms with van der Waals surface area (Å²) in [5, 5.41) is 1.15. The Morgan fingerprint density at radius 3 is 2.50 bits per heavy atom. The molecule has 0 unspecified atom stereocenters. The summed E-state index contributed by atoms with van der Waals surface area (Å²) >= 11 is 0. The fourth-order valence-corrected chi connectivity index (χ4v) is 3.98. The maximum absolute atomic E-state index is 13.1. The number of methoxy groups -OCH3 is 1. The summed E-state index contributed by atoms with van der Waals surface area (Å²) in [6.45, 7) is 6.12. The monoisotopic (exact) mass is 436 g/mol. The van der Waals surface area contributed by atoms with E-state index in [-0.39, 0.29) is 5.91 Å². The molecule has 5 nitrogen and oxygen atoms in total. The Bertz CT molecular complexity index is 978. The second kappa shape index (κ2) is 12.2. The number of benzene rings is 2. The molecule has 0 fully saturated rings.